The molecule has 1 amide bonds. The quantitative estimate of drug-likeness (QED) is 0.771. The first-order valence-electron chi connectivity index (χ1n) is 6.94. The molecule has 1 aliphatic carbocycles. The number of carbonyl (C=O) groups excluding carboxylic acids is 1. The molecule has 0 radical (unpaired) electrons. The number of nitrogens with two attached hydrogens (primary N) is 1. The summed E-state index contributed by atoms with van der Waals surface area (Å²) in [7, 11) is 2.18. The highest BCUT2D eigenvalue weighted by molar-refractivity contribution is 5.80. The molecule has 4 heteroatoms. The van der Waals surface area contributed by atoms with Crippen LogP contribution in [-0.2, 0) is 4.79 Å². The Labute approximate surface area is 103 Å². The van der Waals surface area contributed by atoms with Crippen LogP contribution in [0.3, 0.4) is 0 Å². The second-order valence-corrected chi connectivity index (χ2v) is 5.87. The van der Waals surface area contributed by atoms with E-state index in [1.165, 1.54) is 25.7 Å². The van der Waals surface area contributed by atoms with Gasteiger partial charge in [-0.15, -0.1) is 0 Å². The monoisotopic (exact) mass is 237 g/mol. The maximum Gasteiger partial charge on any atom is 0.224 e. The van der Waals surface area contributed by atoms with Gasteiger partial charge in [0.05, 0.1) is 0 Å². The SMILES string of the molecule is CN(C(CN)C1CC1)C1CC(=O)N2CCCC12. The molecular weight excluding hydrogens is 214 g/mol. The van der Waals surface area contributed by atoms with Crippen LogP contribution in [-0.4, -0.2) is 54.0 Å². The number of fused-ring (bicyclic) bond motifs is 1. The maximum atomic E-state index is 11.9. The lowest BCUT2D eigenvalue weighted by Gasteiger charge is -2.35. The summed E-state index contributed by atoms with van der Waals surface area (Å²) in [5.41, 5.74) is 5.91. The molecule has 17 heavy (non-hydrogen) atoms. The minimum Gasteiger partial charge on any atom is -0.338 e. The molecule has 3 unspecified atom stereocenters. The van der Waals surface area contributed by atoms with Crippen LogP contribution in [0.25, 0.3) is 0 Å². The van der Waals surface area contributed by atoms with Crippen LogP contribution in [0.5, 0.6) is 0 Å². The molecule has 0 aromatic carbocycles. The molecule has 0 bridgehead atoms. The molecule has 96 valence electrons. The molecule has 0 spiro atoms. The summed E-state index contributed by atoms with van der Waals surface area (Å²) in [6, 6.07) is 1.38. The number of nitrogens with zero attached hydrogens (tertiary/aromatic N) is 2. The number of rotatable bonds is 4. The van der Waals surface area contributed by atoms with Gasteiger partial charge in [-0.3, -0.25) is 9.69 Å². The van der Waals surface area contributed by atoms with Gasteiger partial charge < -0.3 is 10.6 Å². The van der Waals surface area contributed by atoms with Crippen LogP contribution >= 0.6 is 0 Å². The van der Waals surface area contributed by atoms with Crippen LogP contribution in [0.1, 0.15) is 32.1 Å². The molecule has 3 fully saturated rings. The van der Waals surface area contributed by atoms with E-state index in [1.807, 2.05) is 0 Å². The average molecular weight is 237 g/mol. The van der Waals surface area contributed by atoms with Gasteiger partial charge in [-0.05, 0) is 38.6 Å². The molecule has 2 N–H and O–H groups in total. The minimum atomic E-state index is 0.357. The van der Waals surface area contributed by atoms with Crippen LogP contribution in [0.4, 0.5) is 0 Å². The van der Waals surface area contributed by atoms with Crippen LogP contribution < -0.4 is 5.73 Å². The minimum absolute atomic E-state index is 0.357. The first-order valence-corrected chi connectivity index (χ1v) is 6.94. The third kappa shape index (κ3) is 1.87. The highest BCUT2D eigenvalue weighted by Crippen LogP contribution is 2.38. The summed E-state index contributed by atoms with van der Waals surface area (Å²) in [4.78, 5) is 16.5. The molecule has 0 aromatic heterocycles. The number of hydrogen-bond donors (Lipinski definition) is 1. The fourth-order valence-electron chi connectivity index (χ4n) is 3.77. The Morgan fingerprint density at radius 3 is 2.88 bits per heavy atom. The van der Waals surface area contributed by atoms with Crippen molar-refractivity contribution in [3.63, 3.8) is 0 Å². The lowest BCUT2D eigenvalue weighted by atomic mass is 10.0. The first-order chi connectivity index (χ1) is 8.22. The van der Waals surface area contributed by atoms with Gasteiger partial charge in [0.1, 0.15) is 0 Å². The molecule has 2 heterocycles. The number of hydrogen-bond acceptors (Lipinski definition) is 3. The highest BCUT2D eigenvalue weighted by Gasteiger charge is 2.47. The molecule has 1 saturated carbocycles. The van der Waals surface area contributed by atoms with E-state index in [0.717, 1.165) is 19.0 Å². The van der Waals surface area contributed by atoms with Crippen molar-refractivity contribution in [1.82, 2.24) is 9.80 Å². The molecule has 3 rings (SSSR count). The van der Waals surface area contributed by atoms with E-state index in [4.69, 9.17) is 5.73 Å². The van der Waals surface area contributed by atoms with E-state index in [-0.39, 0.29) is 0 Å². The van der Waals surface area contributed by atoms with Gasteiger partial charge in [0.2, 0.25) is 5.91 Å². The summed E-state index contributed by atoms with van der Waals surface area (Å²) in [6.07, 6.45) is 5.72. The standard InChI is InChI=1S/C13H23N3O/c1-15(12(8-14)9-4-5-9)11-7-13(17)16-6-2-3-10(11)16/h9-12H,2-8,14H2,1H3. The Bertz CT molecular complexity index is 316. The summed E-state index contributed by atoms with van der Waals surface area (Å²) in [5, 5.41) is 0. The fraction of sp³-hybridized carbons (Fsp3) is 0.923. The largest absolute Gasteiger partial charge is 0.338 e. The zero-order valence-electron chi connectivity index (χ0n) is 10.6. The van der Waals surface area contributed by atoms with Crippen LogP contribution in [0.15, 0.2) is 0 Å². The van der Waals surface area contributed by atoms with Gasteiger partial charge >= 0.3 is 0 Å². The predicted molar refractivity (Wildman–Crippen MR) is 66.5 cm³/mol. The topological polar surface area (TPSA) is 49.6 Å². The second-order valence-electron chi connectivity index (χ2n) is 5.87. The smallest absolute Gasteiger partial charge is 0.224 e. The molecule has 3 atom stereocenters. The number of carbonyl (C=O) groups is 1. The van der Waals surface area contributed by atoms with E-state index in [9.17, 15) is 4.79 Å². The van der Waals surface area contributed by atoms with Crippen LogP contribution in [0, 0.1) is 5.92 Å². The van der Waals surface area contributed by atoms with Crippen molar-refractivity contribution < 1.29 is 4.79 Å². The van der Waals surface area contributed by atoms with E-state index < -0.39 is 0 Å². The fourth-order valence-corrected chi connectivity index (χ4v) is 3.77. The molecular formula is C13H23N3O. The van der Waals surface area contributed by atoms with Crippen molar-refractivity contribution >= 4 is 5.91 Å². The highest BCUT2D eigenvalue weighted by atomic mass is 16.2. The van der Waals surface area contributed by atoms with Crippen molar-refractivity contribution in [3.05, 3.63) is 0 Å². The van der Waals surface area contributed by atoms with E-state index in [1.54, 1.807) is 0 Å². The molecule has 2 saturated heterocycles. The van der Waals surface area contributed by atoms with Crippen molar-refractivity contribution in [1.29, 1.82) is 0 Å². The lowest BCUT2D eigenvalue weighted by molar-refractivity contribution is -0.127. The lowest BCUT2D eigenvalue weighted by Crippen LogP contribution is -2.49. The van der Waals surface area contributed by atoms with Gasteiger partial charge in [0.15, 0.2) is 0 Å². The van der Waals surface area contributed by atoms with Gasteiger partial charge in [0, 0.05) is 37.6 Å². The Morgan fingerprint density at radius 2 is 2.24 bits per heavy atom. The normalized spacial score (nSPS) is 34.5. The summed E-state index contributed by atoms with van der Waals surface area (Å²) in [6.45, 7) is 1.71. The Morgan fingerprint density at radius 1 is 1.47 bits per heavy atom. The third-order valence-corrected chi connectivity index (χ3v) is 4.90. The molecule has 2 aliphatic heterocycles. The molecule has 4 nitrogen and oxygen atoms in total. The summed E-state index contributed by atoms with van der Waals surface area (Å²) >= 11 is 0. The first kappa shape index (κ1) is 11.5. The predicted octanol–water partition coefficient (Wildman–Crippen LogP) is 0.419. The Hall–Kier alpha value is -0.610. The van der Waals surface area contributed by atoms with Gasteiger partial charge in [-0.25, -0.2) is 0 Å². The van der Waals surface area contributed by atoms with Crippen molar-refractivity contribution in [2.24, 2.45) is 11.7 Å². The maximum absolute atomic E-state index is 11.9. The van der Waals surface area contributed by atoms with E-state index in [0.29, 0.717) is 30.5 Å². The summed E-state index contributed by atoms with van der Waals surface area (Å²) in [5.74, 6) is 1.14. The van der Waals surface area contributed by atoms with Crippen molar-refractivity contribution in [2.45, 2.75) is 50.2 Å². The van der Waals surface area contributed by atoms with E-state index >= 15 is 0 Å². The van der Waals surface area contributed by atoms with Gasteiger partial charge in [0.25, 0.3) is 0 Å². The van der Waals surface area contributed by atoms with Gasteiger partial charge in [-0.1, -0.05) is 0 Å². The number of amides is 1. The van der Waals surface area contributed by atoms with Crippen LogP contribution in [0.2, 0.25) is 0 Å². The zero-order chi connectivity index (χ0) is 12.0. The van der Waals surface area contributed by atoms with E-state index in [2.05, 4.69) is 16.8 Å². The second kappa shape index (κ2) is 4.25. The molecule has 3 aliphatic rings. The number of likely N-dealkylation sites (N-methyl/N-ethyl adjacent to an activating group) is 1. The molecule has 0 aromatic rings. The Balaban J connectivity index is 1.72. The summed E-state index contributed by atoms with van der Waals surface area (Å²) < 4.78 is 0. The van der Waals surface area contributed by atoms with Crippen molar-refractivity contribution in [3.8, 4) is 0 Å². The average Bonchev–Trinajstić information content (AvgIpc) is 2.93. The third-order valence-electron chi connectivity index (χ3n) is 4.90. The zero-order valence-corrected chi connectivity index (χ0v) is 10.6. The van der Waals surface area contributed by atoms with Crippen molar-refractivity contribution in [2.75, 3.05) is 20.1 Å². The Kier molecular flexibility index (Phi) is 2.87. The van der Waals surface area contributed by atoms with Gasteiger partial charge in [-0.2, -0.15) is 0 Å².